The van der Waals surface area contributed by atoms with Crippen molar-refractivity contribution in [2.45, 2.75) is 19.9 Å². The van der Waals surface area contributed by atoms with Crippen molar-refractivity contribution in [3.63, 3.8) is 0 Å². The Morgan fingerprint density at radius 3 is 2.85 bits per heavy atom. The Labute approximate surface area is 123 Å². The van der Waals surface area contributed by atoms with E-state index in [2.05, 4.69) is 15.3 Å². The van der Waals surface area contributed by atoms with Crippen LogP contribution in [0.25, 0.3) is 0 Å². The third-order valence-corrected chi connectivity index (χ3v) is 4.14. The van der Waals surface area contributed by atoms with Gasteiger partial charge in [-0.25, -0.2) is 9.78 Å². The number of hydrogen-bond acceptors (Lipinski definition) is 6. The molecule has 1 aliphatic rings. The summed E-state index contributed by atoms with van der Waals surface area (Å²) in [5, 5.41) is 3.20. The molecule has 2 heterocycles. The quantitative estimate of drug-likeness (QED) is 0.875. The van der Waals surface area contributed by atoms with Crippen molar-refractivity contribution >= 4 is 17.4 Å². The standard InChI is InChI=1S/C13H22N4O2S/c1-2-19-13(18)17-7-5-16(6-8-17)9-12-15-11(3-4-14)10-20-12/h10H,2-9,14H2,1H3. The molecule has 0 spiro atoms. The molecule has 2 N–H and O–H groups in total. The van der Waals surface area contributed by atoms with Crippen LogP contribution in [0, 0.1) is 0 Å². The van der Waals surface area contributed by atoms with Crippen molar-refractivity contribution < 1.29 is 9.53 Å². The van der Waals surface area contributed by atoms with Gasteiger partial charge in [0, 0.05) is 38.0 Å². The van der Waals surface area contributed by atoms with E-state index in [4.69, 9.17) is 10.5 Å². The number of carbonyl (C=O) groups is 1. The minimum absolute atomic E-state index is 0.202. The smallest absolute Gasteiger partial charge is 0.409 e. The highest BCUT2D eigenvalue weighted by Crippen LogP contribution is 2.14. The fourth-order valence-electron chi connectivity index (χ4n) is 2.18. The summed E-state index contributed by atoms with van der Waals surface area (Å²) >= 11 is 1.68. The van der Waals surface area contributed by atoms with Crippen molar-refractivity contribution in [2.24, 2.45) is 5.73 Å². The molecule has 1 amide bonds. The maximum Gasteiger partial charge on any atom is 0.409 e. The summed E-state index contributed by atoms with van der Waals surface area (Å²) in [6.07, 6.45) is 0.638. The molecule has 112 valence electrons. The number of ether oxygens (including phenoxy) is 1. The Balaban J connectivity index is 1.77. The van der Waals surface area contributed by atoms with Crippen LogP contribution in [0.3, 0.4) is 0 Å². The fourth-order valence-corrected chi connectivity index (χ4v) is 3.05. The van der Waals surface area contributed by atoms with Gasteiger partial charge in [0.1, 0.15) is 5.01 Å². The molecule has 0 saturated carbocycles. The molecule has 1 aliphatic heterocycles. The second-order valence-corrected chi connectivity index (χ2v) is 5.68. The third kappa shape index (κ3) is 4.16. The zero-order chi connectivity index (χ0) is 14.4. The van der Waals surface area contributed by atoms with Crippen LogP contribution in [-0.4, -0.2) is 60.2 Å². The van der Waals surface area contributed by atoms with E-state index in [0.717, 1.165) is 49.8 Å². The van der Waals surface area contributed by atoms with Gasteiger partial charge in [0.15, 0.2) is 0 Å². The van der Waals surface area contributed by atoms with E-state index in [1.54, 1.807) is 16.2 Å². The summed E-state index contributed by atoms with van der Waals surface area (Å²) < 4.78 is 5.01. The molecular formula is C13H22N4O2S. The number of carbonyl (C=O) groups excluding carboxylic acids is 1. The summed E-state index contributed by atoms with van der Waals surface area (Å²) in [7, 11) is 0. The van der Waals surface area contributed by atoms with E-state index in [0.29, 0.717) is 13.2 Å². The molecular weight excluding hydrogens is 276 g/mol. The van der Waals surface area contributed by atoms with E-state index < -0.39 is 0 Å². The number of aromatic nitrogens is 1. The number of thiazole rings is 1. The summed E-state index contributed by atoms with van der Waals surface area (Å²) in [5.41, 5.74) is 6.61. The SMILES string of the molecule is CCOC(=O)N1CCN(Cc2nc(CCN)cs2)CC1. The summed E-state index contributed by atoms with van der Waals surface area (Å²) in [6, 6.07) is 0. The van der Waals surface area contributed by atoms with Crippen LogP contribution in [0.4, 0.5) is 4.79 Å². The maximum absolute atomic E-state index is 11.6. The van der Waals surface area contributed by atoms with Gasteiger partial charge < -0.3 is 15.4 Å². The largest absolute Gasteiger partial charge is 0.450 e. The highest BCUT2D eigenvalue weighted by molar-refractivity contribution is 7.09. The lowest BCUT2D eigenvalue weighted by Gasteiger charge is -2.33. The summed E-state index contributed by atoms with van der Waals surface area (Å²) in [6.45, 7) is 6.93. The Morgan fingerprint density at radius 1 is 1.45 bits per heavy atom. The Morgan fingerprint density at radius 2 is 2.20 bits per heavy atom. The number of nitrogens with two attached hydrogens (primary N) is 1. The topological polar surface area (TPSA) is 71.7 Å². The van der Waals surface area contributed by atoms with Crippen molar-refractivity contribution in [3.8, 4) is 0 Å². The van der Waals surface area contributed by atoms with Gasteiger partial charge in [-0.3, -0.25) is 4.90 Å². The van der Waals surface area contributed by atoms with Crippen LogP contribution in [-0.2, 0) is 17.7 Å². The second-order valence-electron chi connectivity index (χ2n) is 4.73. The molecule has 0 radical (unpaired) electrons. The minimum Gasteiger partial charge on any atom is -0.450 e. The van der Waals surface area contributed by atoms with Crippen molar-refractivity contribution in [1.29, 1.82) is 0 Å². The van der Waals surface area contributed by atoms with Crippen LogP contribution in [0.5, 0.6) is 0 Å². The van der Waals surface area contributed by atoms with Gasteiger partial charge in [-0.1, -0.05) is 0 Å². The van der Waals surface area contributed by atoms with Crippen LogP contribution in [0.15, 0.2) is 5.38 Å². The lowest BCUT2D eigenvalue weighted by Crippen LogP contribution is -2.48. The Bertz CT molecular complexity index is 430. The lowest BCUT2D eigenvalue weighted by molar-refractivity contribution is 0.0778. The molecule has 7 heteroatoms. The highest BCUT2D eigenvalue weighted by Gasteiger charge is 2.22. The number of amides is 1. The van der Waals surface area contributed by atoms with E-state index >= 15 is 0 Å². The molecule has 1 aromatic heterocycles. The van der Waals surface area contributed by atoms with Gasteiger partial charge in [-0.2, -0.15) is 0 Å². The number of nitrogens with zero attached hydrogens (tertiary/aromatic N) is 3. The van der Waals surface area contributed by atoms with Crippen LogP contribution >= 0.6 is 11.3 Å². The fraction of sp³-hybridized carbons (Fsp3) is 0.692. The van der Waals surface area contributed by atoms with Crippen molar-refractivity contribution in [1.82, 2.24) is 14.8 Å². The van der Waals surface area contributed by atoms with E-state index in [9.17, 15) is 4.79 Å². The van der Waals surface area contributed by atoms with E-state index in [1.165, 1.54) is 0 Å². The molecule has 2 rings (SSSR count). The van der Waals surface area contributed by atoms with E-state index in [1.807, 2.05) is 6.92 Å². The highest BCUT2D eigenvalue weighted by atomic mass is 32.1. The minimum atomic E-state index is -0.202. The average Bonchev–Trinajstić information content (AvgIpc) is 2.88. The zero-order valence-electron chi connectivity index (χ0n) is 11.9. The van der Waals surface area contributed by atoms with Crippen LogP contribution in [0.1, 0.15) is 17.6 Å². The van der Waals surface area contributed by atoms with Gasteiger partial charge in [0.25, 0.3) is 0 Å². The van der Waals surface area contributed by atoms with Crippen LogP contribution < -0.4 is 5.73 Å². The van der Waals surface area contributed by atoms with Gasteiger partial charge in [0.05, 0.1) is 18.8 Å². The summed E-state index contributed by atoms with van der Waals surface area (Å²) in [5.74, 6) is 0. The molecule has 0 aromatic carbocycles. The Hall–Kier alpha value is -1.18. The number of hydrogen-bond donors (Lipinski definition) is 1. The first kappa shape index (κ1) is 15.2. The third-order valence-electron chi connectivity index (χ3n) is 3.26. The monoisotopic (exact) mass is 298 g/mol. The average molecular weight is 298 g/mol. The van der Waals surface area contributed by atoms with Gasteiger partial charge >= 0.3 is 6.09 Å². The van der Waals surface area contributed by atoms with Crippen LogP contribution in [0.2, 0.25) is 0 Å². The normalized spacial score (nSPS) is 16.4. The molecule has 1 saturated heterocycles. The number of piperazine rings is 1. The zero-order valence-corrected chi connectivity index (χ0v) is 12.7. The lowest BCUT2D eigenvalue weighted by atomic mass is 10.3. The molecule has 0 unspecified atom stereocenters. The molecule has 0 atom stereocenters. The van der Waals surface area contributed by atoms with Gasteiger partial charge in [0.2, 0.25) is 0 Å². The first-order valence-corrected chi connectivity index (χ1v) is 7.88. The van der Waals surface area contributed by atoms with Crippen molar-refractivity contribution in [3.05, 3.63) is 16.1 Å². The first-order chi connectivity index (χ1) is 9.72. The second kappa shape index (κ2) is 7.56. The Kier molecular flexibility index (Phi) is 5.75. The predicted octanol–water partition coefficient (Wildman–Crippen LogP) is 0.918. The van der Waals surface area contributed by atoms with Gasteiger partial charge in [-0.15, -0.1) is 11.3 Å². The molecule has 1 fully saturated rings. The van der Waals surface area contributed by atoms with E-state index in [-0.39, 0.29) is 6.09 Å². The molecule has 1 aromatic rings. The number of rotatable bonds is 5. The maximum atomic E-state index is 11.6. The predicted molar refractivity (Wildman–Crippen MR) is 78.7 cm³/mol. The molecule has 20 heavy (non-hydrogen) atoms. The molecule has 0 bridgehead atoms. The van der Waals surface area contributed by atoms with Crippen molar-refractivity contribution in [2.75, 3.05) is 39.3 Å². The molecule has 0 aliphatic carbocycles. The summed E-state index contributed by atoms with van der Waals surface area (Å²) in [4.78, 5) is 20.3. The van der Waals surface area contributed by atoms with Gasteiger partial charge in [-0.05, 0) is 13.5 Å². The molecule has 6 nitrogen and oxygen atoms in total. The first-order valence-electron chi connectivity index (χ1n) is 7.00.